The van der Waals surface area contributed by atoms with E-state index in [2.05, 4.69) is 35.2 Å². The number of methoxy groups -OCH3 is 1. The lowest BCUT2D eigenvalue weighted by atomic mass is 9.99. The minimum Gasteiger partial charge on any atom is -0.493 e. The fourth-order valence-electron chi connectivity index (χ4n) is 4.17. The SMILES string of the molecule is COc1ccc(CN2CCc3ccccc3C2)c2cc(-c3cccc(F)c3)oc12. The highest BCUT2D eigenvalue weighted by atomic mass is 19.1. The summed E-state index contributed by atoms with van der Waals surface area (Å²) in [6.07, 6.45) is 1.06. The normalized spacial score (nSPS) is 14.1. The molecule has 0 aliphatic carbocycles. The van der Waals surface area contributed by atoms with E-state index in [1.807, 2.05) is 18.2 Å². The Labute approximate surface area is 169 Å². The summed E-state index contributed by atoms with van der Waals surface area (Å²) in [5.41, 5.74) is 5.46. The van der Waals surface area contributed by atoms with E-state index in [0.29, 0.717) is 17.1 Å². The second-order valence-electron chi connectivity index (χ2n) is 7.52. The van der Waals surface area contributed by atoms with E-state index in [9.17, 15) is 4.39 Å². The van der Waals surface area contributed by atoms with Gasteiger partial charge < -0.3 is 9.15 Å². The van der Waals surface area contributed by atoms with Crippen molar-refractivity contribution in [3.05, 3.63) is 89.2 Å². The van der Waals surface area contributed by atoms with E-state index in [1.54, 1.807) is 13.2 Å². The van der Waals surface area contributed by atoms with Crippen molar-refractivity contribution in [1.29, 1.82) is 0 Å². The third-order valence-corrected chi connectivity index (χ3v) is 5.67. The van der Waals surface area contributed by atoms with Gasteiger partial charge in [-0.3, -0.25) is 4.90 Å². The van der Waals surface area contributed by atoms with Crippen molar-refractivity contribution in [1.82, 2.24) is 4.90 Å². The van der Waals surface area contributed by atoms with Crippen LogP contribution in [-0.4, -0.2) is 18.6 Å². The van der Waals surface area contributed by atoms with Crippen LogP contribution in [0, 0.1) is 5.82 Å². The van der Waals surface area contributed by atoms with Gasteiger partial charge in [0.1, 0.15) is 11.6 Å². The maximum Gasteiger partial charge on any atom is 0.176 e. The molecule has 4 heteroatoms. The van der Waals surface area contributed by atoms with Crippen LogP contribution in [0.5, 0.6) is 5.75 Å². The molecule has 0 fully saturated rings. The van der Waals surface area contributed by atoms with Crippen LogP contribution in [-0.2, 0) is 19.5 Å². The van der Waals surface area contributed by atoms with Crippen LogP contribution >= 0.6 is 0 Å². The molecule has 0 N–H and O–H groups in total. The van der Waals surface area contributed by atoms with Crippen molar-refractivity contribution >= 4 is 11.0 Å². The van der Waals surface area contributed by atoms with Gasteiger partial charge in [0, 0.05) is 30.6 Å². The molecule has 1 aromatic heterocycles. The second-order valence-corrected chi connectivity index (χ2v) is 7.52. The van der Waals surface area contributed by atoms with Crippen molar-refractivity contribution in [3.8, 4) is 17.1 Å². The number of nitrogens with zero attached hydrogens (tertiary/aromatic N) is 1. The number of hydrogen-bond acceptors (Lipinski definition) is 3. The van der Waals surface area contributed by atoms with Crippen molar-refractivity contribution in [2.45, 2.75) is 19.5 Å². The zero-order valence-electron chi connectivity index (χ0n) is 16.3. The van der Waals surface area contributed by atoms with Gasteiger partial charge in [0.2, 0.25) is 0 Å². The average molecular weight is 387 g/mol. The predicted octanol–water partition coefficient (Wildman–Crippen LogP) is 5.81. The van der Waals surface area contributed by atoms with E-state index in [1.165, 1.54) is 28.8 Å². The largest absolute Gasteiger partial charge is 0.493 e. The summed E-state index contributed by atoms with van der Waals surface area (Å²) in [5, 5.41) is 1.02. The summed E-state index contributed by atoms with van der Waals surface area (Å²) >= 11 is 0. The molecule has 3 nitrogen and oxygen atoms in total. The van der Waals surface area contributed by atoms with Gasteiger partial charge in [0.15, 0.2) is 11.3 Å². The molecule has 29 heavy (non-hydrogen) atoms. The van der Waals surface area contributed by atoms with Crippen LogP contribution in [0.1, 0.15) is 16.7 Å². The Morgan fingerprint density at radius 1 is 1.00 bits per heavy atom. The molecule has 2 heterocycles. The molecule has 0 unspecified atom stereocenters. The quantitative estimate of drug-likeness (QED) is 0.442. The summed E-state index contributed by atoms with van der Waals surface area (Å²) in [6.45, 7) is 2.80. The van der Waals surface area contributed by atoms with E-state index in [4.69, 9.17) is 9.15 Å². The average Bonchev–Trinajstić information content (AvgIpc) is 3.20. The van der Waals surface area contributed by atoms with Gasteiger partial charge in [-0.1, -0.05) is 42.5 Å². The topological polar surface area (TPSA) is 25.6 Å². The van der Waals surface area contributed by atoms with Crippen molar-refractivity contribution < 1.29 is 13.5 Å². The van der Waals surface area contributed by atoms with Crippen LogP contribution < -0.4 is 4.74 Å². The van der Waals surface area contributed by atoms with E-state index in [0.717, 1.165) is 37.0 Å². The lowest BCUT2D eigenvalue weighted by Gasteiger charge is -2.29. The van der Waals surface area contributed by atoms with Gasteiger partial charge >= 0.3 is 0 Å². The van der Waals surface area contributed by atoms with Crippen LogP contribution in [0.3, 0.4) is 0 Å². The first-order valence-corrected chi connectivity index (χ1v) is 9.86. The van der Waals surface area contributed by atoms with Gasteiger partial charge in [0.05, 0.1) is 7.11 Å². The number of fused-ring (bicyclic) bond motifs is 2. The fourth-order valence-corrected chi connectivity index (χ4v) is 4.17. The molecular formula is C25H22FNO2. The predicted molar refractivity (Wildman–Crippen MR) is 112 cm³/mol. The number of benzene rings is 3. The number of furan rings is 1. The third-order valence-electron chi connectivity index (χ3n) is 5.67. The van der Waals surface area contributed by atoms with E-state index >= 15 is 0 Å². The minimum absolute atomic E-state index is 0.276. The summed E-state index contributed by atoms with van der Waals surface area (Å²) in [7, 11) is 1.64. The van der Waals surface area contributed by atoms with Crippen LogP contribution in [0.2, 0.25) is 0 Å². The fraction of sp³-hybridized carbons (Fsp3) is 0.200. The Balaban J connectivity index is 1.51. The summed E-state index contributed by atoms with van der Waals surface area (Å²) < 4.78 is 25.3. The third kappa shape index (κ3) is 3.40. The zero-order chi connectivity index (χ0) is 19.8. The van der Waals surface area contributed by atoms with Crippen molar-refractivity contribution in [2.75, 3.05) is 13.7 Å². The first-order valence-electron chi connectivity index (χ1n) is 9.86. The van der Waals surface area contributed by atoms with Crippen molar-refractivity contribution in [2.24, 2.45) is 0 Å². The Bertz CT molecular complexity index is 1180. The van der Waals surface area contributed by atoms with Crippen LogP contribution in [0.15, 0.2) is 71.1 Å². The number of halogens is 1. The molecule has 0 saturated carbocycles. The van der Waals surface area contributed by atoms with Gasteiger partial charge in [-0.2, -0.15) is 0 Å². The van der Waals surface area contributed by atoms with Gasteiger partial charge in [0.25, 0.3) is 0 Å². The summed E-state index contributed by atoms with van der Waals surface area (Å²) in [5.74, 6) is 1.06. The Morgan fingerprint density at radius 3 is 2.69 bits per heavy atom. The van der Waals surface area contributed by atoms with Crippen LogP contribution in [0.25, 0.3) is 22.3 Å². The summed E-state index contributed by atoms with van der Waals surface area (Å²) in [6, 6.07) is 21.2. The smallest absolute Gasteiger partial charge is 0.176 e. The second kappa shape index (κ2) is 7.37. The van der Waals surface area contributed by atoms with Gasteiger partial charge in [-0.25, -0.2) is 4.39 Å². The molecule has 0 radical (unpaired) electrons. The molecule has 4 aromatic rings. The Morgan fingerprint density at radius 2 is 1.86 bits per heavy atom. The number of ether oxygens (including phenoxy) is 1. The molecule has 0 bridgehead atoms. The number of rotatable bonds is 4. The highest BCUT2D eigenvalue weighted by Gasteiger charge is 2.19. The molecule has 5 rings (SSSR count). The molecule has 0 saturated heterocycles. The molecule has 3 aromatic carbocycles. The monoisotopic (exact) mass is 387 g/mol. The van der Waals surface area contributed by atoms with E-state index < -0.39 is 0 Å². The molecule has 0 atom stereocenters. The zero-order valence-corrected chi connectivity index (χ0v) is 16.3. The van der Waals surface area contributed by atoms with Gasteiger partial charge in [-0.05, 0) is 47.4 Å². The minimum atomic E-state index is -0.276. The Hall–Kier alpha value is -3.11. The maximum atomic E-state index is 13.7. The maximum absolute atomic E-state index is 13.7. The molecule has 0 amide bonds. The van der Waals surface area contributed by atoms with Crippen molar-refractivity contribution in [3.63, 3.8) is 0 Å². The van der Waals surface area contributed by atoms with Gasteiger partial charge in [-0.15, -0.1) is 0 Å². The highest BCUT2D eigenvalue weighted by Crippen LogP contribution is 2.36. The lowest BCUT2D eigenvalue weighted by molar-refractivity contribution is 0.246. The first kappa shape index (κ1) is 18.0. The molecule has 0 spiro atoms. The standard InChI is InChI=1S/C25H22FNO2/c1-28-23-10-9-20(16-27-12-11-17-5-2-3-6-19(17)15-27)22-14-24(29-25(22)23)18-7-4-8-21(26)13-18/h2-10,13-14H,11-12,15-16H2,1H3. The molecule has 146 valence electrons. The molecule has 1 aliphatic heterocycles. The molecule has 1 aliphatic rings. The first-order chi connectivity index (χ1) is 14.2. The highest BCUT2D eigenvalue weighted by molar-refractivity contribution is 5.90. The van der Waals surface area contributed by atoms with Crippen LogP contribution in [0.4, 0.5) is 4.39 Å². The Kier molecular flexibility index (Phi) is 4.57. The molecular weight excluding hydrogens is 365 g/mol. The summed E-state index contributed by atoms with van der Waals surface area (Å²) in [4.78, 5) is 2.46. The van der Waals surface area contributed by atoms with E-state index in [-0.39, 0.29) is 5.82 Å². The number of hydrogen-bond donors (Lipinski definition) is 0. The lowest BCUT2D eigenvalue weighted by Crippen LogP contribution is -2.30.